The Morgan fingerprint density at radius 1 is 1.27 bits per heavy atom. The molecule has 0 saturated heterocycles. The third-order valence-electron chi connectivity index (χ3n) is 4.51. The quantitative estimate of drug-likeness (QED) is 0.508. The lowest BCUT2D eigenvalue weighted by Gasteiger charge is -2.25. The van der Waals surface area contributed by atoms with Crippen molar-refractivity contribution in [2.24, 2.45) is 0 Å². The summed E-state index contributed by atoms with van der Waals surface area (Å²) >= 11 is 7.43. The molecule has 1 aliphatic rings. The summed E-state index contributed by atoms with van der Waals surface area (Å²) in [5.41, 5.74) is 1.69. The van der Waals surface area contributed by atoms with Gasteiger partial charge in [0.1, 0.15) is 5.75 Å². The number of hydrogen-bond acceptors (Lipinski definition) is 6. The third kappa shape index (κ3) is 5.15. The average molecular weight is 443 g/mol. The van der Waals surface area contributed by atoms with E-state index in [2.05, 4.69) is 11.4 Å². The molecule has 0 saturated carbocycles. The molecule has 1 N–H and O–H groups in total. The van der Waals surface area contributed by atoms with Gasteiger partial charge in [-0.1, -0.05) is 35.9 Å². The molecule has 2 aromatic carbocycles. The zero-order valence-electron chi connectivity index (χ0n) is 16.2. The number of rotatable bonds is 7. The maximum atomic E-state index is 12.2. The highest BCUT2D eigenvalue weighted by Crippen LogP contribution is 2.36. The Labute approximate surface area is 183 Å². The van der Waals surface area contributed by atoms with Crippen LogP contribution in [0.15, 0.2) is 59.1 Å². The fraction of sp³-hybridized carbons (Fsp3) is 0.227. The van der Waals surface area contributed by atoms with E-state index in [1.165, 1.54) is 18.9 Å². The molecule has 30 heavy (non-hydrogen) atoms. The summed E-state index contributed by atoms with van der Waals surface area (Å²) in [6, 6.07) is 16.2. The maximum Gasteiger partial charge on any atom is 0.337 e. The molecule has 154 valence electrons. The predicted octanol–water partition coefficient (Wildman–Crippen LogP) is 4.28. The number of methoxy groups -OCH3 is 1. The highest BCUT2D eigenvalue weighted by atomic mass is 35.5. The second-order valence-corrected chi connectivity index (χ2v) is 7.91. The van der Waals surface area contributed by atoms with E-state index >= 15 is 0 Å². The second-order valence-electron chi connectivity index (χ2n) is 6.40. The summed E-state index contributed by atoms with van der Waals surface area (Å²) < 4.78 is 10.4. The standard InChI is InChI=1S/C22H19ClN2O4S/c1-28-22(27)15-8-6-14(7-9-15)16-12-20(26)25-21(17(16)13-24)30-11-10-29-19-5-3-2-4-18(19)23/h2-9,16H,10-12H2,1H3,(H,25,26)/t16-/m0/s1. The van der Waals surface area contributed by atoms with Crippen LogP contribution in [-0.2, 0) is 9.53 Å². The molecule has 0 fully saturated rings. The molecule has 8 heteroatoms. The number of benzene rings is 2. The van der Waals surface area contributed by atoms with Gasteiger partial charge in [-0.15, -0.1) is 11.8 Å². The molecule has 0 unspecified atom stereocenters. The number of ether oxygens (including phenoxy) is 2. The number of thioether (sulfide) groups is 1. The topological polar surface area (TPSA) is 88.4 Å². The van der Waals surface area contributed by atoms with Gasteiger partial charge >= 0.3 is 5.97 Å². The molecule has 3 rings (SSSR count). The minimum Gasteiger partial charge on any atom is -0.491 e. The van der Waals surface area contributed by atoms with Gasteiger partial charge in [-0.05, 0) is 29.8 Å². The summed E-state index contributed by atoms with van der Waals surface area (Å²) in [7, 11) is 1.32. The van der Waals surface area contributed by atoms with E-state index < -0.39 is 5.97 Å². The molecule has 1 heterocycles. The smallest absolute Gasteiger partial charge is 0.337 e. The van der Waals surface area contributed by atoms with E-state index in [0.717, 1.165) is 5.56 Å². The fourth-order valence-corrected chi connectivity index (χ4v) is 4.13. The first-order valence-corrected chi connectivity index (χ1v) is 10.5. The monoisotopic (exact) mass is 442 g/mol. The Balaban J connectivity index is 1.71. The van der Waals surface area contributed by atoms with Gasteiger partial charge < -0.3 is 14.8 Å². The third-order valence-corrected chi connectivity index (χ3v) is 5.81. The molecule has 0 aliphatic carbocycles. The summed E-state index contributed by atoms with van der Waals surface area (Å²) in [5.74, 6) is 0.146. The number of amides is 1. The van der Waals surface area contributed by atoms with Gasteiger partial charge in [-0.25, -0.2) is 4.79 Å². The van der Waals surface area contributed by atoms with Gasteiger partial charge in [0.05, 0.1) is 41.0 Å². The predicted molar refractivity (Wildman–Crippen MR) is 115 cm³/mol. The van der Waals surface area contributed by atoms with Crippen LogP contribution in [0.2, 0.25) is 5.02 Å². The van der Waals surface area contributed by atoms with Crippen LogP contribution in [0.3, 0.4) is 0 Å². The fourth-order valence-electron chi connectivity index (χ4n) is 3.04. The number of esters is 1. The minimum absolute atomic E-state index is 0.162. The maximum absolute atomic E-state index is 12.2. The molecule has 0 radical (unpaired) electrons. The van der Waals surface area contributed by atoms with Crippen LogP contribution in [0.1, 0.15) is 28.3 Å². The normalized spacial score (nSPS) is 15.9. The van der Waals surface area contributed by atoms with Crippen LogP contribution in [0.25, 0.3) is 0 Å². The molecule has 2 aromatic rings. The van der Waals surface area contributed by atoms with Crippen LogP contribution < -0.4 is 10.1 Å². The van der Waals surface area contributed by atoms with Crippen molar-refractivity contribution in [3.8, 4) is 11.8 Å². The van der Waals surface area contributed by atoms with Crippen LogP contribution in [0.5, 0.6) is 5.75 Å². The van der Waals surface area contributed by atoms with Crippen molar-refractivity contribution in [2.75, 3.05) is 19.5 Å². The molecule has 6 nitrogen and oxygen atoms in total. The van der Waals surface area contributed by atoms with Gasteiger partial charge in [0.15, 0.2) is 0 Å². The Bertz CT molecular complexity index is 1010. The van der Waals surface area contributed by atoms with Crippen molar-refractivity contribution in [1.82, 2.24) is 5.32 Å². The largest absolute Gasteiger partial charge is 0.491 e. The lowest BCUT2D eigenvalue weighted by atomic mass is 9.87. The SMILES string of the molecule is COC(=O)c1ccc([C@@H]2CC(=O)NC(SCCOc3ccccc3Cl)=C2C#N)cc1. The number of nitrogens with zero attached hydrogens (tertiary/aromatic N) is 1. The number of hydrogen-bond donors (Lipinski definition) is 1. The molecule has 0 spiro atoms. The van der Waals surface area contributed by atoms with E-state index in [1.807, 2.05) is 12.1 Å². The first kappa shape index (κ1) is 21.8. The van der Waals surface area contributed by atoms with Gasteiger partial charge in [0.25, 0.3) is 0 Å². The highest BCUT2D eigenvalue weighted by Gasteiger charge is 2.29. The van der Waals surface area contributed by atoms with Crippen molar-refractivity contribution in [3.63, 3.8) is 0 Å². The van der Waals surface area contributed by atoms with Crippen LogP contribution >= 0.6 is 23.4 Å². The number of carbonyl (C=O) groups is 2. The molecular formula is C22H19ClN2O4S. The molecule has 1 aliphatic heterocycles. The number of allylic oxidation sites excluding steroid dienone is 1. The summed E-state index contributed by atoms with van der Waals surface area (Å²) in [6.07, 6.45) is 0.167. The Morgan fingerprint density at radius 3 is 2.67 bits per heavy atom. The van der Waals surface area contributed by atoms with Gasteiger partial charge in [0.2, 0.25) is 5.91 Å². The zero-order valence-corrected chi connectivity index (χ0v) is 17.8. The Hall–Kier alpha value is -2.95. The van der Waals surface area contributed by atoms with Gasteiger partial charge in [-0.2, -0.15) is 5.26 Å². The molecular weight excluding hydrogens is 424 g/mol. The molecule has 1 atom stereocenters. The van der Waals surface area contributed by atoms with Crippen LogP contribution in [0.4, 0.5) is 0 Å². The summed E-state index contributed by atoms with van der Waals surface area (Å²) in [5, 5.41) is 13.6. The van der Waals surface area contributed by atoms with Crippen molar-refractivity contribution in [3.05, 3.63) is 75.3 Å². The van der Waals surface area contributed by atoms with Crippen LogP contribution in [0, 0.1) is 11.3 Å². The molecule has 1 amide bonds. The highest BCUT2D eigenvalue weighted by molar-refractivity contribution is 8.03. The molecule has 0 aromatic heterocycles. The van der Waals surface area contributed by atoms with E-state index in [4.69, 9.17) is 21.1 Å². The van der Waals surface area contributed by atoms with Gasteiger partial charge in [-0.3, -0.25) is 4.79 Å². The Morgan fingerprint density at radius 2 is 2.00 bits per heavy atom. The van der Waals surface area contributed by atoms with Crippen molar-refractivity contribution < 1.29 is 19.1 Å². The lowest BCUT2D eigenvalue weighted by Crippen LogP contribution is -2.31. The average Bonchev–Trinajstić information content (AvgIpc) is 2.77. The second kappa shape index (κ2) is 10.2. The first-order chi connectivity index (χ1) is 14.5. The van der Waals surface area contributed by atoms with E-state index in [9.17, 15) is 14.9 Å². The zero-order chi connectivity index (χ0) is 21.5. The number of carbonyl (C=O) groups excluding carboxylic acids is 2. The van der Waals surface area contributed by atoms with Crippen molar-refractivity contribution >= 4 is 35.2 Å². The number of para-hydroxylation sites is 1. The summed E-state index contributed by atoms with van der Waals surface area (Å²) in [6.45, 7) is 0.366. The molecule has 0 bridgehead atoms. The lowest BCUT2D eigenvalue weighted by molar-refractivity contribution is -0.120. The van der Waals surface area contributed by atoms with Crippen LogP contribution in [-0.4, -0.2) is 31.3 Å². The first-order valence-electron chi connectivity index (χ1n) is 9.16. The van der Waals surface area contributed by atoms with Crippen molar-refractivity contribution in [1.29, 1.82) is 5.26 Å². The number of nitriles is 1. The van der Waals surface area contributed by atoms with Gasteiger partial charge in [0, 0.05) is 18.1 Å². The van der Waals surface area contributed by atoms with Crippen molar-refractivity contribution in [2.45, 2.75) is 12.3 Å². The van der Waals surface area contributed by atoms with E-state index in [1.54, 1.807) is 36.4 Å². The number of nitrogens with one attached hydrogen (secondary N) is 1. The summed E-state index contributed by atoms with van der Waals surface area (Å²) in [4.78, 5) is 23.9. The minimum atomic E-state index is -0.436. The Kier molecular flexibility index (Phi) is 7.39. The van der Waals surface area contributed by atoms with E-state index in [-0.39, 0.29) is 18.2 Å². The van der Waals surface area contributed by atoms with E-state index in [0.29, 0.717) is 39.3 Å². The number of halogens is 1.